The zero-order chi connectivity index (χ0) is 26.9. The Hall–Kier alpha value is -3.36. The Bertz CT molecular complexity index is 1110. The molecule has 1 aromatic rings. The molecule has 3 saturated heterocycles. The Kier molecular flexibility index (Phi) is 7.62. The van der Waals surface area contributed by atoms with E-state index >= 15 is 0 Å². The van der Waals surface area contributed by atoms with Gasteiger partial charge in [-0.1, -0.05) is 0 Å². The van der Waals surface area contributed by atoms with E-state index in [0.29, 0.717) is 13.0 Å². The second-order valence-corrected chi connectivity index (χ2v) is 10.0. The lowest BCUT2D eigenvalue weighted by Crippen LogP contribution is -2.70. The van der Waals surface area contributed by atoms with Crippen LogP contribution in [0.5, 0.6) is 0 Å². The normalized spacial score (nSPS) is 28.0. The molecule has 37 heavy (non-hydrogen) atoms. The van der Waals surface area contributed by atoms with Gasteiger partial charge in [0.15, 0.2) is 0 Å². The van der Waals surface area contributed by atoms with E-state index in [0.717, 1.165) is 29.5 Å². The monoisotopic (exact) mass is 523 g/mol. The lowest BCUT2D eigenvalue weighted by molar-refractivity contribution is -0.194. The van der Waals surface area contributed by atoms with Crippen LogP contribution in [0, 0.1) is 34.8 Å². The number of hydrogen-bond acceptors (Lipinski definition) is 5. The van der Waals surface area contributed by atoms with E-state index in [2.05, 4.69) is 16.0 Å². The maximum atomic E-state index is 14.9. The Morgan fingerprint density at radius 3 is 2.70 bits per heavy atom. The van der Waals surface area contributed by atoms with Crippen molar-refractivity contribution in [2.75, 3.05) is 11.9 Å². The summed E-state index contributed by atoms with van der Waals surface area (Å²) in [5, 5.41) is 17.4. The third-order valence-electron chi connectivity index (χ3n) is 7.52. The van der Waals surface area contributed by atoms with Crippen molar-refractivity contribution in [1.29, 1.82) is 5.26 Å². The molecule has 4 fully saturated rings. The van der Waals surface area contributed by atoms with E-state index in [-0.39, 0.29) is 30.9 Å². The van der Waals surface area contributed by atoms with Gasteiger partial charge in [-0.15, -0.1) is 0 Å². The highest BCUT2D eigenvalue weighted by atomic mass is 19.3. The van der Waals surface area contributed by atoms with Gasteiger partial charge >= 0.3 is 0 Å². The Morgan fingerprint density at radius 2 is 2.03 bits per heavy atom. The average molecular weight is 524 g/mol. The highest BCUT2D eigenvalue weighted by Crippen LogP contribution is 2.49. The molecule has 8 nitrogen and oxygen atoms in total. The van der Waals surface area contributed by atoms with Crippen molar-refractivity contribution < 1.29 is 31.9 Å². The molecule has 0 spiro atoms. The zero-order valence-electron chi connectivity index (χ0n) is 20.3. The van der Waals surface area contributed by atoms with Gasteiger partial charge in [0.05, 0.1) is 17.7 Å². The minimum atomic E-state index is -3.20. The summed E-state index contributed by atoms with van der Waals surface area (Å²) in [4.78, 5) is 40.0. The van der Waals surface area contributed by atoms with E-state index in [4.69, 9.17) is 0 Å². The predicted octanol–water partition coefficient (Wildman–Crippen LogP) is 2.70. The van der Waals surface area contributed by atoms with E-state index < -0.39 is 71.8 Å². The number of piperidine rings is 3. The highest BCUT2D eigenvalue weighted by Gasteiger charge is 2.60. The van der Waals surface area contributed by atoms with Crippen LogP contribution in [0.15, 0.2) is 18.2 Å². The van der Waals surface area contributed by atoms with Crippen LogP contribution in [-0.2, 0) is 14.4 Å². The quantitative estimate of drug-likeness (QED) is 0.476. The first-order valence-corrected chi connectivity index (χ1v) is 12.4. The number of nitriles is 1. The molecule has 0 unspecified atom stereocenters. The zero-order valence-corrected chi connectivity index (χ0v) is 20.3. The van der Waals surface area contributed by atoms with Gasteiger partial charge in [-0.05, 0) is 57.2 Å². The van der Waals surface area contributed by atoms with Crippen LogP contribution in [0.2, 0.25) is 0 Å². The molecule has 1 aromatic carbocycles. The van der Waals surface area contributed by atoms with Gasteiger partial charge in [0.25, 0.3) is 5.92 Å². The van der Waals surface area contributed by atoms with Gasteiger partial charge in [0.1, 0.15) is 29.8 Å². The van der Waals surface area contributed by atoms with Crippen LogP contribution in [0.3, 0.4) is 0 Å². The van der Waals surface area contributed by atoms with Crippen molar-refractivity contribution in [3.05, 3.63) is 29.8 Å². The molecule has 3 N–H and O–H groups in total. The summed E-state index contributed by atoms with van der Waals surface area (Å²) in [6, 6.07) is -0.139. The second kappa shape index (κ2) is 10.6. The Balaban J connectivity index is 1.54. The molecule has 4 aliphatic rings. The number of alkyl halides is 2. The van der Waals surface area contributed by atoms with Crippen molar-refractivity contribution in [2.45, 2.75) is 75.5 Å². The number of carbonyl (C=O) groups is 3. The third-order valence-corrected chi connectivity index (χ3v) is 7.52. The molecule has 6 atom stereocenters. The largest absolute Gasteiger partial charge is 0.371 e. The van der Waals surface area contributed by atoms with Gasteiger partial charge in [-0.2, -0.15) is 5.26 Å². The molecule has 2 bridgehead atoms. The van der Waals surface area contributed by atoms with Crippen LogP contribution >= 0.6 is 0 Å². The van der Waals surface area contributed by atoms with Crippen molar-refractivity contribution in [1.82, 2.24) is 15.5 Å². The maximum Gasteiger partial charge on any atom is 0.255 e. The first-order chi connectivity index (χ1) is 17.5. The molecule has 200 valence electrons. The first-order valence-electron chi connectivity index (χ1n) is 12.4. The number of nitrogens with one attached hydrogen (secondary N) is 3. The van der Waals surface area contributed by atoms with Crippen LogP contribution in [0.1, 0.15) is 45.4 Å². The number of fused-ring (bicyclic) bond motifs is 3. The fraction of sp³-hybridized carbons (Fsp3) is 0.600. The molecule has 5 rings (SSSR count). The lowest BCUT2D eigenvalue weighted by Gasteiger charge is -2.54. The van der Waals surface area contributed by atoms with E-state index in [1.54, 1.807) is 0 Å². The standard InChI is InChI=1S/C25H29F4N5O3/c1-13(32-20-10-15(26)4-7-19(20)27)24(37)34-17-5-6-18(25(28,29)11-17)21(34)23(36)33-16(12-30)9-14-3-2-8-31-22(14)35/h4,7,10,13-14,16-18,21,32H,2-3,5-6,8-9,11H2,1H3,(H,31,35)(H,33,36)/t13-,14+,16-,17+,18+,21+/m1/s1. The number of hydrogen-bond donors (Lipinski definition) is 3. The number of carbonyl (C=O) groups excluding carboxylic acids is 3. The van der Waals surface area contributed by atoms with Crippen molar-refractivity contribution in [3.8, 4) is 6.07 Å². The van der Waals surface area contributed by atoms with E-state index in [1.807, 2.05) is 6.07 Å². The number of rotatable bonds is 7. The number of amides is 3. The summed E-state index contributed by atoms with van der Waals surface area (Å²) in [7, 11) is 0. The van der Waals surface area contributed by atoms with Crippen molar-refractivity contribution in [2.24, 2.45) is 11.8 Å². The smallest absolute Gasteiger partial charge is 0.255 e. The topological polar surface area (TPSA) is 114 Å². The van der Waals surface area contributed by atoms with Crippen LogP contribution < -0.4 is 16.0 Å². The molecular formula is C25H29F4N5O3. The minimum absolute atomic E-state index is 0.0160. The molecule has 3 amide bonds. The molecule has 3 aliphatic heterocycles. The lowest BCUT2D eigenvalue weighted by atomic mass is 9.71. The Labute approximate surface area is 211 Å². The van der Waals surface area contributed by atoms with Crippen LogP contribution in [0.4, 0.5) is 23.2 Å². The predicted molar refractivity (Wildman–Crippen MR) is 124 cm³/mol. The SMILES string of the molecule is C[C@@H](Nc1cc(F)ccc1F)C(=O)N1[C@H]2CC[C@@H]([C@H]1C(=O)N[C@@H](C#N)C[C@@H]1CCCNC1=O)C(F)(F)C2. The number of nitrogens with zero attached hydrogens (tertiary/aromatic N) is 2. The second-order valence-electron chi connectivity index (χ2n) is 10.0. The van der Waals surface area contributed by atoms with Crippen molar-refractivity contribution in [3.63, 3.8) is 0 Å². The summed E-state index contributed by atoms with van der Waals surface area (Å²) >= 11 is 0. The van der Waals surface area contributed by atoms with E-state index in [9.17, 15) is 37.2 Å². The van der Waals surface area contributed by atoms with E-state index in [1.165, 1.54) is 6.92 Å². The fourth-order valence-corrected chi connectivity index (χ4v) is 5.70. The first kappa shape index (κ1) is 26.7. The fourth-order valence-electron chi connectivity index (χ4n) is 5.70. The molecule has 0 radical (unpaired) electrons. The van der Waals surface area contributed by atoms with Gasteiger partial charge in [0.2, 0.25) is 17.7 Å². The van der Waals surface area contributed by atoms with Crippen LogP contribution in [0.25, 0.3) is 0 Å². The molecule has 3 heterocycles. The summed E-state index contributed by atoms with van der Waals surface area (Å²) in [5.41, 5.74) is -0.273. The van der Waals surface area contributed by atoms with Crippen LogP contribution in [-0.4, -0.2) is 59.3 Å². The maximum absolute atomic E-state index is 14.9. The molecule has 1 aliphatic carbocycles. The van der Waals surface area contributed by atoms with Crippen molar-refractivity contribution >= 4 is 23.4 Å². The molecule has 12 heteroatoms. The van der Waals surface area contributed by atoms with Gasteiger partial charge < -0.3 is 20.9 Å². The number of benzene rings is 1. The Morgan fingerprint density at radius 1 is 1.27 bits per heavy atom. The minimum Gasteiger partial charge on any atom is -0.371 e. The summed E-state index contributed by atoms with van der Waals surface area (Å²) < 4.78 is 57.5. The summed E-state index contributed by atoms with van der Waals surface area (Å²) in [5.74, 6) is -8.52. The van der Waals surface area contributed by atoms with Gasteiger partial charge in [-0.25, -0.2) is 17.6 Å². The number of anilines is 1. The molecular weight excluding hydrogens is 494 g/mol. The summed E-state index contributed by atoms with van der Waals surface area (Å²) in [6.45, 7) is 1.91. The van der Waals surface area contributed by atoms with Gasteiger partial charge in [0, 0.05) is 24.9 Å². The molecule has 1 saturated carbocycles. The third kappa shape index (κ3) is 5.50. The number of halogens is 4. The average Bonchev–Trinajstić information content (AvgIpc) is 2.85. The van der Waals surface area contributed by atoms with Gasteiger partial charge in [-0.3, -0.25) is 14.4 Å². The summed E-state index contributed by atoms with van der Waals surface area (Å²) in [6.07, 6.45) is 0.952. The highest BCUT2D eigenvalue weighted by molar-refractivity contribution is 5.92. The molecule has 0 aromatic heterocycles.